The number of aromatic nitrogens is 1. The molecule has 0 spiro atoms. The maximum atomic E-state index is 13.3. The minimum Gasteiger partial charge on any atom is -0.495 e. The summed E-state index contributed by atoms with van der Waals surface area (Å²) in [5.41, 5.74) is 3.32. The Kier molecular flexibility index (Phi) is 6.21. The van der Waals surface area contributed by atoms with Crippen LogP contribution < -0.4 is 15.4 Å². The Hall–Kier alpha value is -3.34. The number of nitriles is 1. The van der Waals surface area contributed by atoms with Crippen molar-refractivity contribution in [2.24, 2.45) is 0 Å². The molecule has 2 aromatic carbocycles. The predicted octanol–water partition coefficient (Wildman–Crippen LogP) is 3.43. The smallest absolute Gasteiger partial charge is 0.257 e. The standard InChI is InChI=1S/C23H22ClN5O2/c1-31-21-5-3-16(11-19(21)24)13-28-22-17-10-15(12-25)2-4-20(17)27-14-18(22)23(30)29-8-6-26-7-9-29/h2-5,10-11,14,26H,6-9,13H2,1H3,(H,27,28). The third kappa shape index (κ3) is 4.41. The van der Waals surface area contributed by atoms with Crippen molar-refractivity contribution in [3.63, 3.8) is 0 Å². The van der Waals surface area contributed by atoms with Gasteiger partial charge in [0.25, 0.3) is 5.91 Å². The van der Waals surface area contributed by atoms with Crippen LogP contribution in [0.5, 0.6) is 5.75 Å². The average molecular weight is 436 g/mol. The van der Waals surface area contributed by atoms with Crippen LogP contribution in [-0.2, 0) is 6.54 Å². The van der Waals surface area contributed by atoms with Gasteiger partial charge in [-0.25, -0.2) is 0 Å². The summed E-state index contributed by atoms with van der Waals surface area (Å²) in [6, 6.07) is 13.0. The topological polar surface area (TPSA) is 90.3 Å². The summed E-state index contributed by atoms with van der Waals surface area (Å²) in [5, 5.41) is 17.3. The molecule has 0 bridgehead atoms. The van der Waals surface area contributed by atoms with E-state index in [1.165, 1.54) is 0 Å². The lowest BCUT2D eigenvalue weighted by Gasteiger charge is -2.28. The second-order valence-electron chi connectivity index (χ2n) is 7.26. The lowest BCUT2D eigenvalue weighted by molar-refractivity contribution is 0.0736. The van der Waals surface area contributed by atoms with Crippen molar-refractivity contribution >= 4 is 34.1 Å². The zero-order chi connectivity index (χ0) is 21.8. The molecule has 1 aromatic heterocycles. The van der Waals surface area contributed by atoms with Gasteiger partial charge in [-0.15, -0.1) is 0 Å². The van der Waals surface area contributed by atoms with E-state index in [1.54, 1.807) is 31.5 Å². The number of nitrogens with one attached hydrogen (secondary N) is 2. The number of rotatable bonds is 5. The molecule has 0 unspecified atom stereocenters. The van der Waals surface area contributed by atoms with E-state index >= 15 is 0 Å². The number of anilines is 1. The van der Waals surface area contributed by atoms with Crippen molar-refractivity contribution < 1.29 is 9.53 Å². The van der Waals surface area contributed by atoms with Gasteiger partial charge in [0.15, 0.2) is 0 Å². The minimum atomic E-state index is -0.0754. The number of fused-ring (bicyclic) bond motifs is 1. The number of amides is 1. The molecule has 2 N–H and O–H groups in total. The van der Waals surface area contributed by atoms with Crippen LogP contribution in [0.2, 0.25) is 5.02 Å². The molecule has 31 heavy (non-hydrogen) atoms. The maximum absolute atomic E-state index is 13.3. The van der Waals surface area contributed by atoms with Gasteiger partial charge in [-0.1, -0.05) is 17.7 Å². The van der Waals surface area contributed by atoms with Gasteiger partial charge >= 0.3 is 0 Å². The fraction of sp³-hybridized carbons (Fsp3) is 0.261. The summed E-state index contributed by atoms with van der Waals surface area (Å²) in [7, 11) is 1.57. The molecule has 1 saturated heterocycles. The van der Waals surface area contributed by atoms with Crippen molar-refractivity contribution in [1.29, 1.82) is 5.26 Å². The maximum Gasteiger partial charge on any atom is 0.257 e. The molecule has 0 aliphatic carbocycles. The van der Waals surface area contributed by atoms with Crippen LogP contribution in [0, 0.1) is 11.3 Å². The van der Waals surface area contributed by atoms with Crippen molar-refractivity contribution in [3.05, 3.63) is 64.3 Å². The average Bonchev–Trinajstić information content (AvgIpc) is 2.82. The summed E-state index contributed by atoms with van der Waals surface area (Å²) in [5.74, 6) is 0.529. The van der Waals surface area contributed by atoms with E-state index in [2.05, 4.69) is 21.7 Å². The van der Waals surface area contributed by atoms with Gasteiger partial charge in [0.2, 0.25) is 0 Å². The van der Waals surface area contributed by atoms with E-state index in [9.17, 15) is 10.1 Å². The highest BCUT2D eigenvalue weighted by atomic mass is 35.5. The van der Waals surface area contributed by atoms with Crippen LogP contribution in [0.4, 0.5) is 5.69 Å². The van der Waals surface area contributed by atoms with E-state index in [-0.39, 0.29) is 5.91 Å². The Morgan fingerprint density at radius 3 is 2.81 bits per heavy atom. The normalized spacial score (nSPS) is 13.6. The Morgan fingerprint density at radius 2 is 2.10 bits per heavy atom. The van der Waals surface area contributed by atoms with Crippen molar-refractivity contribution in [1.82, 2.24) is 15.2 Å². The third-order valence-corrected chi connectivity index (χ3v) is 5.61. The van der Waals surface area contributed by atoms with Crippen molar-refractivity contribution in [3.8, 4) is 11.8 Å². The van der Waals surface area contributed by atoms with Crippen molar-refractivity contribution in [2.75, 3.05) is 38.6 Å². The van der Waals surface area contributed by atoms with Crippen LogP contribution in [0.15, 0.2) is 42.6 Å². The molecule has 0 saturated carbocycles. The lowest BCUT2D eigenvalue weighted by Crippen LogP contribution is -2.46. The summed E-state index contributed by atoms with van der Waals surface area (Å²) >= 11 is 6.26. The van der Waals surface area contributed by atoms with Gasteiger partial charge in [-0.3, -0.25) is 9.78 Å². The Morgan fingerprint density at radius 1 is 1.29 bits per heavy atom. The molecule has 8 heteroatoms. The second-order valence-corrected chi connectivity index (χ2v) is 7.66. The monoisotopic (exact) mass is 435 g/mol. The number of methoxy groups -OCH3 is 1. The zero-order valence-corrected chi connectivity index (χ0v) is 17.9. The number of carbonyl (C=O) groups is 1. The first kappa shape index (κ1) is 20.9. The Balaban J connectivity index is 1.73. The lowest BCUT2D eigenvalue weighted by atomic mass is 10.0. The van der Waals surface area contributed by atoms with E-state index in [1.807, 2.05) is 23.1 Å². The SMILES string of the molecule is COc1ccc(CNc2c(C(=O)N3CCNCC3)cnc3ccc(C#N)cc23)cc1Cl. The molecule has 0 radical (unpaired) electrons. The van der Waals surface area contributed by atoms with Gasteiger partial charge in [0.1, 0.15) is 5.75 Å². The largest absolute Gasteiger partial charge is 0.495 e. The van der Waals surface area contributed by atoms with Gasteiger partial charge in [0.05, 0.1) is 40.5 Å². The van der Waals surface area contributed by atoms with E-state index in [4.69, 9.17) is 16.3 Å². The van der Waals surface area contributed by atoms with Gasteiger partial charge in [-0.2, -0.15) is 5.26 Å². The fourth-order valence-electron chi connectivity index (χ4n) is 3.66. The van der Waals surface area contributed by atoms with E-state index in [0.29, 0.717) is 52.7 Å². The molecule has 4 rings (SSSR count). The number of piperazine rings is 1. The highest BCUT2D eigenvalue weighted by molar-refractivity contribution is 6.32. The first-order chi connectivity index (χ1) is 15.1. The number of carbonyl (C=O) groups excluding carboxylic acids is 1. The molecule has 3 aromatic rings. The number of halogens is 1. The first-order valence-electron chi connectivity index (χ1n) is 10.00. The van der Waals surface area contributed by atoms with E-state index < -0.39 is 0 Å². The summed E-state index contributed by atoms with van der Waals surface area (Å²) < 4.78 is 5.22. The zero-order valence-electron chi connectivity index (χ0n) is 17.1. The quantitative estimate of drug-likeness (QED) is 0.638. The Labute approximate surface area is 185 Å². The molecule has 0 atom stereocenters. The van der Waals surface area contributed by atoms with Crippen LogP contribution >= 0.6 is 11.6 Å². The second kappa shape index (κ2) is 9.21. The van der Waals surface area contributed by atoms with Gasteiger partial charge in [0, 0.05) is 44.3 Å². The number of benzene rings is 2. The predicted molar refractivity (Wildman–Crippen MR) is 121 cm³/mol. The van der Waals surface area contributed by atoms with Gasteiger partial charge < -0.3 is 20.3 Å². The molecule has 1 amide bonds. The highest BCUT2D eigenvalue weighted by Gasteiger charge is 2.23. The van der Waals surface area contributed by atoms with Crippen LogP contribution in [0.1, 0.15) is 21.5 Å². The molecule has 1 fully saturated rings. The van der Waals surface area contributed by atoms with E-state index in [0.717, 1.165) is 24.0 Å². The minimum absolute atomic E-state index is 0.0754. The highest BCUT2D eigenvalue weighted by Crippen LogP contribution is 2.30. The first-order valence-corrected chi connectivity index (χ1v) is 10.4. The number of hydrogen-bond donors (Lipinski definition) is 2. The van der Waals surface area contributed by atoms with Gasteiger partial charge in [-0.05, 0) is 35.9 Å². The van der Waals surface area contributed by atoms with Crippen LogP contribution in [0.25, 0.3) is 10.9 Å². The fourth-order valence-corrected chi connectivity index (χ4v) is 3.94. The van der Waals surface area contributed by atoms with Crippen LogP contribution in [-0.4, -0.2) is 49.1 Å². The molecule has 1 aliphatic heterocycles. The Bertz CT molecular complexity index is 1170. The number of hydrogen-bond acceptors (Lipinski definition) is 6. The molecular formula is C23H22ClN5O2. The molecular weight excluding hydrogens is 414 g/mol. The van der Waals surface area contributed by atoms with Crippen LogP contribution in [0.3, 0.4) is 0 Å². The molecule has 7 nitrogen and oxygen atoms in total. The van der Waals surface area contributed by atoms with Crippen molar-refractivity contribution in [2.45, 2.75) is 6.54 Å². The summed E-state index contributed by atoms with van der Waals surface area (Å²) in [4.78, 5) is 19.6. The summed E-state index contributed by atoms with van der Waals surface area (Å²) in [6.45, 7) is 3.25. The number of pyridine rings is 1. The summed E-state index contributed by atoms with van der Waals surface area (Å²) in [6.07, 6.45) is 1.61. The molecule has 2 heterocycles. The molecule has 158 valence electrons. The number of nitrogens with zero attached hydrogens (tertiary/aromatic N) is 3. The number of ether oxygens (including phenoxy) is 1. The molecule has 1 aliphatic rings. The third-order valence-electron chi connectivity index (χ3n) is 5.32.